The van der Waals surface area contributed by atoms with E-state index in [2.05, 4.69) is 30.8 Å². The molecule has 16 nitrogen and oxygen atoms in total. The van der Waals surface area contributed by atoms with Gasteiger partial charge in [-0.1, -0.05) is 16.9 Å². The highest BCUT2D eigenvalue weighted by Crippen LogP contribution is 2.41. The zero-order chi connectivity index (χ0) is 30.4. The van der Waals surface area contributed by atoms with E-state index in [1.807, 2.05) is 6.92 Å². The monoisotopic (exact) mass is 645 g/mol. The first-order valence-electron chi connectivity index (χ1n) is 13.1. The van der Waals surface area contributed by atoms with Gasteiger partial charge in [0.05, 0.1) is 11.4 Å². The lowest BCUT2D eigenvalue weighted by atomic mass is 9.96. The lowest BCUT2D eigenvalue weighted by molar-refractivity contribution is -0.150. The number of aryl methyl sites for hydroxylation is 1. The molecule has 0 radical (unpaired) electrons. The summed E-state index contributed by atoms with van der Waals surface area (Å²) in [5, 5.41) is 31.1. The van der Waals surface area contributed by atoms with Crippen LogP contribution in [-0.2, 0) is 32.1 Å². The molecule has 226 valence electrons. The zero-order valence-electron chi connectivity index (χ0n) is 23.0. The first-order valence-corrected chi connectivity index (χ1v) is 16.0. The van der Waals surface area contributed by atoms with Gasteiger partial charge in [0, 0.05) is 16.9 Å². The number of nitrogens with zero attached hydrogens (tertiary/aromatic N) is 8. The van der Waals surface area contributed by atoms with Crippen molar-refractivity contribution in [2.45, 2.75) is 49.2 Å². The van der Waals surface area contributed by atoms with Gasteiger partial charge in [-0.05, 0) is 43.7 Å². The number of thioether (sulfide) groups is 2. The molecular formula is C24H27N11O5S3. The Morgan fingerprint density at radius 2 is 2.09 bits per heavy atom. The number of β-lactam (4-membered cyclic amide) rings is 1. The van der Waals surface area contributed by atoms with Crippen molar-refractivity contribution in [1.29, 1.82) is 0 Å². The van der Waals surface area contributed by atoms with Crippen molar-refractivity contribution in [3.05, 3.63) is 39.3 Å². The molecule has 19 heteroatoms. The van der Waals surface area contributed by atoms with Crippen molar-refractivity contribution in [2.75, 3.05) is 30.2 Å². The topological polar surface area (TPSA) is 222 Å². The van der Waals surface area contributed by atoms with Gasteiger partial charge in [0.25, 0.3) is 17.8 Å². The number of carbonyl (C=O) groups excluding carboxylic acids is 2. The van der Waals surface area contributed by atoms with Gasteiger partial charge in [-0.25, -0.2) is 19.1 Å². The van der Waals surface area contributed by atoms with Crippen LogP contribution < -0.4 is 16.9 Å². The zero-order valence-corrected chi connectivity index (χ0v) is 25.5. The summed E-state index contributed by atoms with van der Waals surface area (Å²) in [5.41, 5.74) is 9.37. The number of nitrogen functional groups attached to an aromatic ring is 2. The van der Waals surface area contributed by atoms with Gasteiger partial charge in [0.15, 0.2) is 10.8 Å². The number of amides is 2. The maximum atomic E-state index is 13.2. The van der Waals surface area contributed by atoms with Crippen LogP contribution in [0.15, 0.2) is 27.0 Å². The molecule has 1 saturated heterocycles. The number of carboxylic acid groups (broad SMARTS) is 1. The van der Waals surface area contributed by atoms with E-state index in [-0.39, 0.29) is 28.0 Å². The van der Waals surface area contributed by atoms with Crippen LogP contribution in [0.5, 0.6) is 0 Å². The molecule has 3 aromatic rings. The summed E-state index contributed by atoms with van der Waals surface area (Å²) in [6.45, 7) is 1.97. The average molecular weight is 646 g/mol. The fourth-order valence-corrected chi connectivity index (χ4v) is 8.19. The molecule has 3 aromatic heterocycles. The summed E-state index contributed by atoms with van der Waals surface area (Å²) < 4.78 is 3.09. The molecule has 3 aliphatic rings. The molecule has 1 unspecified atom stereocenters. The Labute approximate surface area is 256 Å². The highest BCUT2D eigenvalue weighted by Gasteiger charge is 2.54. The summed E-state index contributed by atoms with van der Waals surface area (Å²) in [6.07, 6.45) is 4.03. The number of fused-ring (bicyclic) bond motifs is 2. The van der Waals surface area contributed by atoms with Crippen molar-refractivity contribution >= 4 is 63.5 Å². The molecule has 5 heterocycles. The Bertz CT molecular complexity index is 1690. The van der Waals surface area contributed by atoms with Gasteiger partial charge >= 0.3 is 5.97 Å². The number of hydrogen-bond acceptors (Lipinski definition) is 14. The largest absolute Gasteiger partial charge is 0.477 e. The highest BCUT2D eigenvalue weighted by molar-refractivity contribution is 8.01. The minimum atomic E-state index is -1.24. The van der Waals surface area contributed by atoms with Crippen LogP contribution in [0.4, 0.5) is 5.13 Å². The van der Waals surface area contributed by atoms with E-state index in [1.54, 1.807) is 10.1 Å². The molecule has 6 rings (SSSR count). The second-order valence-electron chi connectivity index (χ2n) is 9.88. The fraction of sp³-hybridized carbons (Fsp3) is 0.417. The molecule has 1 fully saturated rings. The van der Waals surface area contributed by atoms with E-state index in [1.165, 1.54) is 45.8 Å². The molecule has 1 aliphatic carbocycles. The fourth-order valence-electron chi connectivity index (χ4n) is 5.31. The molecule has 2 aliphatic heterocycles. The number of hydrogen-bond donors (Lipinski definition) is 4. The van der Waals surface area contributed by atoms with E-state index in [4.69, 9.17) is 16.4 Å². The summed E-state index contributed by atoms with van der Waals surface area (Å²) >= 11 is 3.69. The number of oxime groups is 1. The predicted molar refractivity (Wildman–Crippen MR) is 159 cm³/mol. The van der Waals surface area contributed by atoms with Crippen molar-refractivity contribution in [2.24, 2.45) is 5.16 Å². The molecular weight excluding hydrogens is 619 g/mol. The normalized spacial score (nSPS) is 20.0. The van der Waals surface area contributed by atoms with Crippen molar-refractivity contribution in [3.63, 3.8) is 0 Å². The number of carbonyl (C=O) groups is 3. The maximum Gasteiger partial charge on any atom is 0.352 e. The smallest absolute Gasteiger partial charge is 0.352 e. The van der Waals surface area contributed by atoms with E-state index in [0.717, 1.165) is 48.4 Å². The Morgan fingerprint density at radius 1 is 1.30 bits per heavy atom. The number of carboxylic acids is 1. The SMILES string of the molecule is CON=C(C(=O)NC1C(=O)N2C(C(=O)O)=C(CSc3nnc(-n4nc(C)c5c4CCCC5)n3N)CS[C@@H]12)c1csc(N)n1. The van der Waals surface area contributed by atoms with Crippen LogP contribution >= 0.6 is 34.9 Å². The first kappa shape index (κ1) is 29.0. The van der Waals surface area contributed by atoms with Crippen LogP contribution in [0.25, 0.3) is 5.95 Å². The second-order valence-corrected chi connectivity index (χ2v) is 12.8. The van der Waals surface area contributed by atoms with Gasteiger partial charge < -0.3 is 26.8 Å². The van der Waals surface area contributed by atoms with Gasteiger partial charge in [-0.2, -0.15) is 5.10 Å². The molecule has 43 heavy (non-hydrogen) atoms. The van der Waals surface area contributed by atoms with Crippen LogP contribution in [0.3, 0.4) is 0 Å². The van der Waals surface area contributed by atoms with Crippen LogP contribution in [0, 0.1) is 6.92 Å². The predicted octanol–water partition coefficient (Wildman–Crippen LogP) is 0.285. The van der Waals surface area contributed by atoms with Gasteiger partial charge in [0.1, 0.15) is 29.9 Å². The Balaban J connectivity index is 1.17. The molecule has 2 atom stereocenters. The van der Waals surface area contributed by atoms with Gasteiger partial charge in [0.2, 0.25) is 5.16 Å². The second kappa shape index (κ2) is 11.5. The lowest BCUT2D eigenvalue weighted by Crippen LogP contribution is -2.71. The molecule has 0 aromatic carbocycles. The maximum absolute atomic E-state index is 13.2. The van der Waals surface area contributed by atoms with Crippen molar-refractivity contribution in [1.82, 2.24) is 39.9 Å². The third kappa shape index (κ3) is 5.10. The Hall–Kier alpha value is -4.10. The summed E-state index contributed by atoms with van der Waals surface area (Å²) in [6, 6.07) is -0.961. The summed E-state index contributed by atoms with van der Waals surface area (Å²) in [7, 11) is 1.28. The summed E-state index contributed by atoms with van der Waals surface area (Å²) in [5.74, 6) is 4.78. The van der Waals surface area contributed by atoms with Crippen molar-refractivity contribution in [3.8, 4) is 5.95 Å². The van der Waals surface area contributed by atoms with Crippen LogP contribution in [0.2, 0.25) is 0 Å². The number of thiazole rings is 1. The van der Waals surface area contributed by atoms with Crippen molar-refractivity contribution < 1.29 is 24.3 Å². The van der Waals surface area contributed by atoms with Crippen LogP contribution in [-0.4, -0.2) is 93.2 Å². The minimum Gasteiger partial charge on any atom is -0.477 e. The standard InChI is InChI=1S/C24H27N11O5S3/c1-10-12-5-3-4-6-14(12)35(31-10)23-29-30-24(34(23)26)43-8-11-7-41-20-16(19(37)33(20)17(11)21(38)39)28-18(36)15(32-40-2)13-9-42-22(25)27-13/h9,16,20H,3-8,26H2,1-2H3,(H2,25,27)(H,28,36)(H,38,39)/t16?,20-/m0/s1. The molecule has 0 spiro atoms. The number of anilines is 1. The minimum absolute atomic E-state index is 0.120. The quantitative estimate of drug-likeness (QED) is 0.0808. The van der Waals surface area contributed by atoms with Gasteiger partial charge in [-0.15, -0.1) is 33.3 Å². The van der Waals surface area contributed by atoms with Gasteiger partial charge in [-0.3, -0.25) is 14.5 Å². The Morgan fingerprint density at radius 3 is 2.81 bits per heavy atom. The third-order valence-electron chi connectivity index (χ3n) is 7.29. The number of aliphatic carboxylic acids is 1. The molecule has 0 saturated carbocycles. The van der Waals surface area contributed by atoms with Crippen LogP contribution in [0.1, 0.15) is 35.5 Å². The first-order chi connectivity index (χ1) is 20.7. The van der Waals surface area contributed by atoms with E-state index < -0.39 is 29.2 Å². The number of rotatable bonds is 9. The highest BCUT2D eigenvalue weighted by atomic mass is 32.2. The van der Waals surface area contributed by atoms with E-state index in [9.17, 15) is 19.5 Å². The average Bonchev–Trinajstić information content (AvgIpc) is 3.69. The third-order valence-corrected chi connectivity index (χ3v) is 10.3. The van der Waals surface area contributed by atoms with E-state index >= 15 is 0 Å². The molecule has 6 N–H and O–H groups in total. The number of aromatic nitrogens is 6. The summed E-state index contributed by atoms with van der Waals surface area (Å²) in [4.78, 5) is 48.5. The van der Waals surface area contributed by atoms with E-state index in [0.29, 0.717) is 22.4 Å². The molecule has 0 bridgehead atoms. The number of nitrogens with one attached hydrogen (secondary N) is 1. The molecule has 2 amide bonds. The lowest BCUT2D eigenvalue weighted by Gasteiger charge is -2.49. The number of nitrogens with two attached hydrogens (primary N) is 2. The Kier molecular flexibility index (Phi) is 7.77.